The molecule has 0 aromatic heterocycles. The van der Waals surface area contributed by atoms with E-state index in [9.17, 15) is 19.2 Å². The Morgan fingerprint density at radius 2 is 1.43 bits per heavy atom. The Morgan fingerprint density at radius 1 is 0.745 bits per heavy atom. The fourth-order valence-corrected chi connectivity index (χ4v) is 9.23. The summed E-state index contributed by atoms with van der Waals surface area (Å²) in [5, 5.41) is 13.1. The van der Waals surface area contributed by atoms with Gasteiger partial charge in [-0.1, -0.05) is 0 Å². The Bertz CT molecular complexity index is 1270. The number of likely N-dealkylation sites (tertiary alicyclic amines) is 2. The van der Waals surface area contributed by atoms with E-state index in [2.05, 4.69) is 35.2 Å². The molecule has 258 valence electrons. The molecule has 4 amide bonds. The highest BCUT2D eigenvalue weighted by Crippen LogP contribution is 2.52. The summed E-state index contributed by atoms with van der Waals surface area (Å²) in [5.74, 6) is 0.444. The topological polar surface area (TPSA) is 125 Å². The Hall–Kier alpha value is -2.98. The van der Waals surface area contributed by atoms with Crippen molar-refractivity contribution >= 4 is 29.3 Å². The van der Waals surface area contributed by atoms with Gasteiger partial charge in [0.2, 0.25) is 17.7 Å². The van der Waals surface area contributed by atoms with E-state index in [0.29, 0.717) is 11.6 Å². The van der Waals surface area contributed by atoms with Crippen LogP contribution in [0.1, 0.15) is 107 Å². The molecule has 7 rings (SSSR count). The minimum atomic E-state index is -0.344. The summed E-state index contributed by atoms with van der Waals surface area (Å²) in [6.45, 7) is 7.55. The second-order valence-electron chi connectivity index (χ2n) is 15.8. The van der Waals surface area contributed by atoms with Gasteiger partial charge in [0.1, 0.15) is 0 Å². The first kappa shape index (κ1) is 33.9. The van der Waals surface area contributed by atoms with Crippen LogP contribution in [0.5, 0.6) is 0 Å². The third-order valence-electron chi connectivity index (χ3n) is 12.5. The van der Waals surface area contributed by atoms with Gasteiger partial charge in [0.15, 0.2) is 0 Å². The molecule has 1 aromatic carbocycles. The minimum absolute atomic E-state index is 0.0323. The van der Waals surface area contributed by atoms with Crippen molar-refractivity contribution in [3.8, 4) is 0 Å². The average molecular weight is 651 g/mol. The van der Waals surface area contributed by atoms with Gasteiger partial charge in [-0.05, 0) is 121 Å². The maximum Gasteiger partial charge on any atom is 0.251 e. The SMILES string of the molecule is CC[NH+]1CCCC(NC(=O)C2CCC(NC(=O)C34CCC(NC(=O)c5ccc(NC(=O)C6CCC[NH+](C)C6)cc5)(CC3)CC4)CC2)C1. The quantitative estimate of drug-likeness (QED) is 0.241. The second kappa shape index (κ2) is 14.6. The largest absolute Gasteiger partial charge is 0.353 e. The number of quaternary nitrogens is 2. The first-order valence-electron chi connectivity index (χ1n) is 18.7. The highest BCUT2D eigenvalue weighted by molar-refractivity contribution is 5.96. The van der Waals surface area contributed by atoms with E-state index in [0.717, 1.165) is 115 Å². The number of hydrogen-bond donors (Lipinski definition) is 6. The summed E-state index contributed by atoms with van der Waals surface area (Å²) in [6, 6.07) is 7.65. The van der Waals surface area contributed by atoms with Gasteiger partial charge in [-0.25, -0.2) is 0 Å². The van der Waals surface area contributed by atoms with Crippen molar-refractivity contribution in [2.45, 2.75) is 114 Å². The average Bonchev–Trinajstić information content (AvgIpc) is 3.09. The molecule has 6 fully saturated rings. The maximum absolute atomic E-state index is 13.6. The molecule has 47 heavy (non-hydrogen) atoms. The smallest absolute Gasteiger partial charge is 0.251 e. The van der Waals surface area contributed by atoms with Crippen LogP contribution in [-0.4, -0.2) is 81.0 Å². The summed E-state index contributed by atoms with van der Waals surface area (Å²) in [5.41, 5.74) is 0.704. The zero-order valence-electron chi connectivity index (χ0n) is 28.7. The molecular weight excluding hydrogens is 592 g/mol. The van der Waals surface area contributed by atoms with Gasteiger partial charge in [-0.15, -0.1) is 0 Å². The minimum Gasteiger partial charge on any atom is -0.353 e. The molecule has 10 heteroatoms. The summed E-state index contributed by atoms with van der Waals surface area (Å²) in [6.07, 6.45) is 12.4. The molecule has 10 nitrogen and oxygen atoms in total. The van der Waals surface area contributed by atoms with E-state index >= 15 is 0 Å². The van der Waals surface area contributed by atoms with Crippen molar-refractivity contribution in [3.63, 3.8) is 0 Å². The number of hydrogen-bond acceptors (Lipinski definition) is 4. The Balaban J connectivity index is 0.930. The molecule has 0 radical (unpaired) electrons. The molecule has 4 unspecified atom stereocenters. The monoisotopic (exact) mass is 650 g/mol. The zero-order chi connectivity index (χ0) is 33.0. The van der Waals surface area contributed by atoms with Crippen molar-refractivity contribution < 1.29 is 29.0 Å². The molecule has 6 N–H and O–H groups in total. The van der Waals surface area contributed by atoms with E-state index < -0.39 is 0 Å². The van der Waals surface area contributed by atoms with E-state index in [1.54, 1.807) is 17.0 Å². The predicted molar refractivity (Wildman–Crippen MR) is 181 cm³/mol. The number of carbonyl (C=O) groups is 4. The summed E-state index contributed by atoms with van der Waals surface area (Å²) in [7, 11) is 2.13. The Kier molecular flexibility index (Phi) is 10.6. The van der Waals surface area contributed by atoms with Crippen LogP contribution in [0, 0.1) is 17.3 Å². The molecule has 2 heterocycles. The fourth-order valence-electron chi connectivity index (χ4n) is 9.23. The number of fused-ring (bicyclic) bond motifs is 3. The maximum atomic E-state index is 13.6. The molecule has 2 aliphatic heterocycles. The lowest BCUT2D eigenvalue weighted by Gasteiger charge is -2.53. The zero-order valence-corrected chi connectivity index (χ0v) is 28.7. The number of anilines is 1. The van der Waals surface area contributed by atoms with Gasteiger partial charge in [-0.3, -0.25) is 19.2 Å². The van der Waals surface area contributed by atoms with Crippen LogP contribution >= 0.6 is 0 Å². The van der Waals surface area contributed by atoms with Crippen LogP contribution in [0.4, 0.5) is 5.69 Å². The molecule has 0 spiro atoms. The molecule has 4 atom stereocenters. The first-order chi connectivity index (χ1) is 22.7. The van der Waals surface area contributed by atoms with Crippen LogP contribution in [0.2, 0.25) is 0 Å². The number of amides is 4. The third kappa shape index (κ3) is 8.02. The lowest BCUT2D eigenvalue weighted by atomic mass is 9.56. The molecule has 4 saturated carbocycles. The van der Waals surface area contributed by atoms with E-state index in [1.807, 2.05) is 12.1 Å². The normalized spacial score (nSPS) is 35.4. The van der Waals surface area contributed by atoms with Gasteiger partial charge in [-0.2, -0.15) is 0 Å². The first-order valence-corrected chi connectivity index (χ1v) is 18.7. The summed E-state index contributed by atoms with van der Waals surface area (Å²) >= 11 is 0. The Labute approximate surface area is 280 Å². The number of nitrogens with one attached hydrogen (secondary N) is 6. The van der Waals surface area contributed by atoms with Crippen molar-refractivity contribution in [2.75, 3.05) is 45.1 Å². The number of benzene rings is 1. The molecular formula is C37H58N6O4+2. The van der Waals surface area contributed by atoms with Gasteiger partial charge >= 0.3 is 0 Å². The molecule has 2 bridgehead atoms. The van der Waals surface area contributed by atoms with Gasteiger partial charge in [0.05, 0.1) is 51.7 Å². The highest BCUT2D eigenvalue weighted by atomic mass is 16.2. The van der Waals surface area contributed by atoms with Crippen LogP contribution in [0.25, 0.3) is 0 Å². The number of likely N-dealkylation sites (N-methyl/N-ethyl adjacent to an activating group) is 1. The fraction of sp³-hybridized carbons (Fsp3) is 0.730. The van der Waals surface area contributed by atoms with E-state index in [1.165, 1.54) is 17.9 Å². The molecule has 4 aliphatic carbocycles. The van der Waals surface area contributed by atoms with Crippen LogP contribution in [0.15, 0.2) is 24.3 Å². The van der Waals surface area contributed by atoms with Crippen molar-refractivity contribution in [1.82, 2.24) is 16.0 Å². The summed E-state index contributed by atoms with van der Waals surface area (Å²) < 4.78 is 0. The number of rotatable bonds is 9. The van der Waals surface area contributed by atoms with E-state index in [4.69, 9.17) is 0 Å². The van der Waals surface area contributed by atoms with Gasteiger partial charge < -0.3 is 31.1 Å². The molecule has 2 saturated heterocycles. The number of piperidine rings is 2. The Morgan fingerprint density at radius 3 is 2.09 bits per heavy atom. The van der Waals surface area contributed by atoms with Crippen molar-refractivity contribution in [1.29, 1.82) is 0 Å². The van der Waals surface area contributed by atoms with Gasteiger partial charge in [0.25, 0.3) is 5.91 Å². The van der Waals surface area contributed by atoms with Crippen LogP contribution in [-0.2, 0) is 14.4 Å². The van der Waals surface area contributed by atoms with E-state index in [-0.39, 0.29) is 52.5 Å². The lowest BCUT2D eigenvalue weighted by molar-refractivity contribution is -0.904. The molecule has 6 aliphatic rings. The second-order valence-corrected chi connectivity index (χ2v) is 15.8. The van der Waals surface area contributed by atoms with Crippen LogP contribution < -0.4 is 31.1 Å². The predicted octanol–water partition coefficient (Wildman–Crippen LogP) is 1.23. The van der Waals surface area contributed by atoms with Gasteiger partial charge in [0, 0.05) is 34.2 Å². The lowest BCUT2D eigenvalue weighted by Crippen LogP contribution is -3.14. The number of carbonyl (C=O) groups excluding carboxylic acids is 4. The highest BCUT2D eigenvalue weighted by Gasteiger charge is 2.53. The third-order valence-corrected chi connectivity index (χ3v) is 12.5. The van der Waals surface area contributed by atoms with Crippen molar-refractivity contribution in [2.24, 2.45) is 17.3 Å². The van der Waals surface area contributed by atoms with Crippen LogP contribution in [0.3, 0.4) is 0 Å². The summed E-state index contributed by atoms with van der Waals surface area (Å²) in [4.78, 5) is 55.6. The van der Waals surface area contributed by atoms with Crippen molar-refractivity contribution in [3.05, 3.63) is 29.8 Å². The standard InChI is InChI=1S/C37H56N6O4/c1-3-43-23-5-7-31(25-43)39-32(44)26-8-14-30(15-9-26)40-35(47)36-16-19-37(20-17-36,21-18-36)41-34(46)27-10-12-29(13-11-27)38-33(45)28-6-4-22-42(2)24-28/h10-13,26,28,30-31H,3-9,14-25H2,1-2H3,(H,38,45)(H,39,44)(H,40,47)(H,41,46)/p+2. The molecule has 1 aromatic rings.